The van der Waals surface area contributed by atoms with Crippen LogP contribution in [0, 0.1) is 0 Å². The monoisotopic (exact) mass is 394 g/mol. The molecule has 0 aliphatic rings. The summed E-state index contributed by atoms with van der Waals surface area (Å²) in [5, 5.41) is 0. The molecule has 0 fully saturated rings. The SMILES string of the molecule is CCC(=O)C(C)Oc1ccc(Oc2ccc(OCC=C(Cl)Cl)cc2)cc1. The third-order valence-electron chi connectivity index (χ3n) is 3.49. The number of hydrogen-bond donors (Lipinski definition) is 0. The smallest absolute Gasteiger partial charge is 0.172 e. The maximum Gasteiger partial charge on any atom is 0.172 e. The summed E-state index contributed by atoms with van der Waals surface area (Å²) in [5.41, 5.74) is 0. The van der Waals surface area contributed by atoms with Gasteiger partial charge < -0.3 is 14.2 Å². The summed E-state index contributed by atoms with van der Waals surface area (Å²) in [4.78, 5) is 11.6. The topological polar surface area (TPSA) is 44.8 Å². The molecule has 0 amide bonds. The largest absolute Gasteiger partial charge is 0.489 e. The van der Waals surface area contributed by atoms with Crippen LogP contribution in [0.2, 0.25) is 0 Å². The highest BCUT2D eigenvalue weighted by Gasteiger charge is 2.12. The lowest BCUT2D eigenvalue weighted by molar-refractivity contribution is -0.124. The van der Waals surface area contributed by atoms with E-state index in [1.807, 2.05) is 6.92 Å². The van der Waals surface area contributed by atoms with Crippen LogP contribution >= 0.6 is 23.2 Å². The van der Waals surface area contributed by atoms with Gasteiger partial charge in [0.1, 0.15) is 34.1 Å². The van der Waals surface area contributed by atoms with Gasteiger partial charge in [0.05, 0.1) is 0 Å². The molecule has 1 atom stereocenters. The van der Waals surface area contributed by atoms with Gasteiger partial charge in [0.15, 0.2) is 11.9 Å². The fourth-order valence-corrected chi connectivity index (χ4v) is 2.21. The highest BCUT2D eigenvalue weighted by atomic mass is 35.5. The van der Waals surface area contributed by atoms with Gasteiger partial charge in [0.25, 0.3) is 0 Å². The van der Waals surface area contributed by atoms with Crippen LogP contribution in [0.3, 0.4) is 0 Å². The quantitative estimate of drug-likeness (QED) is 0.529. The normalized spacial score (nSPS) is 11.4. The third kappa shape index (κ3) is 6.62. The minimum absolute atomic E-state index is 0.0662. The Morgan fingerprint density at radius 2 is 1.46 bits per heavy atom. The lowest BCUT2D eigenvalue weighted by atomic mass is 10.2. The van der Waals surface area contributed by atoms with Crippen LogP contribution < -0.4 is 14.2 Å². The molecule has 26 heavy (non-hydrogen) atoms. The van der Waals surface area contributed by atoms with E-state index in [1.165, 1.54) is 0 Å². The lowest BCUT2D eigenvalue weighted by Crippen LogP contribution is -2.22. The van der Waals surface area contributed by atoms with E-state index < -0.39 is 6.10 Å². The van der Waals surface area contributed by atoms with Crippen LogP contribution in [0.1, 0.15) is 20.3 Å². The molecule has 0 N–H and O–H groups in total. The first-order valence-corrected chi connectivity index (χ1v) is 8.95. The zero-order chi connectivity index (χ0) is 18.9. The van der Waals surface area contributed by atoms with Crippen molar-refractivity contribution in [3.05, 3.63) is 59.1 Å². The predicted octanol–water partition coefficient (Wildman–Crippen LogP) is 5.92. The van der Waals surface area contributed by atoms with Gasteiger partial charge in [-0.05, 0) is 61.5 Å². The van der Waals surface area contributed by atoms with Crippen molar-refractivity contribution in [2.75, 3.05) is 6.61 Å². The van der Waals surface area contributed by atoms with Gasteiger partial charge in [-0.25, -0.2) is 0 Å². The summed E-state index contributed by atoms with van der Waals surface area (Å²) in [7, 11) is 0. The number of Topliss-reactive ketones (excluding diaryl/α,β-unsaturated/α-hetero) is 1. The van der Waals surface area contributed by atoms with Gasteiger partial charge in [-0.1, -0.05) is 30.1 Å². The van der Waals surface area contributed by atoms with E-state index in [2.05, 4.69) is 0 Å². The van der Waals surface area contributed by atoms with E-state index in [4.69, 9.17) is 37.4 Å². The average Bonchev–Trinajstić information content (AvgIpc) is 2.63. The van der Waals surface area contributed by atoms with Gasteiger partial charge in [-0.15, -0.1) is 0 Å². The molecule has 0 aliphatic carbocycles. The molecule has 1 unspecified atom stereocenters. The predicted molar refractivity (Wildman–Crippen MR) is 104 cm³/mol. The molecular formula is C20H20Cl2O4. The summed E-state index contributed by atoms with van der Waals surface area (Å²) < 4.78 is 17.0. The second-order valence-corrected chi connectivity index (χ2v) is 6.44. The second-order valence-electron chi connectivity index (χ2n) is 5.43. The number of benzene rings is 2. The van der Waals surface area contributed by atoms with E-state index in [-0.39, 0.29) is 10.3 Å². The minimum Gasteiger partial charge on any atom is -0.489 e. The molecule has 0 spiro atoms. The van der Waals surface area contributed by atoms with Crippen molar-refractivity contribution in [3.8, 4) is 23.0 Å². The Labute approximate surface area is 163 Å². The molecule has 138 valence electrons. The van der Waals surface area contributed by atoms with Crippen molar-refractivity contribution in [1.29, 1.82) is 0 Å². The van der Waals surface area contributed by atoms with Gasteiger partial charge in [-0.3, -0.25) is 4.79 Å². The van der Waals surface area contributed by atoms with E-state index in [9.17, 15) is 4.79 Å². The van der Waals surface area contributed by atoms with Crippen molar-refractivity contribution in [1.82, 2.24) is 0 Å². The molecule has 0 aromatic heterocycles. The molecule has 0 aliphatic heterocycles. The highest BCUT2D eigenvalue weighted by molar-refractivity contribution is 6.55. The van der Waals surface area contributed by atoms with E-state index in [0.29, 0.717) is 36.0 Å². The lowest BCUT2D eigenvalue weighted by Gasteiger charge is -2.13. The number of hydrogen-bond acceptors (Lipinski definition) is 4. The molecule has 6 heteroatoms. The fourth-order valence-electron chi connectivity index (χ4n) is 2.08. The summed E-state index contributed by atoms with van der Waals surface area (Å²) >= 11 is 11.0. The zero-order valence-electron chi connectivity index (χ0n) is 14.6. The standard InChI is InChI=1S/C20H20Cl2O4/c1-3-19(23)14(2)25-16-8-10-18(11-9-16)26-17-6-4-15(5-7-17)24-13-12-20(21)22/h4-12,14H,3,13H2,1-2H3. The van der Waals surface area contributed by atoms with Crippen molar-refractivity contribution in [2.24, 2.45) is 0 Å². The molecule has 0 saturated carbocycles. The fraction of sp³-hybridized carbons (Fsp3) is 0.250. The van der Waals surface area contributed by atoms with Crippen molar-refractivity contribution in [3.63, 3.8) is 0 Å². The molecule has 0 heterocycles. The molecule has 0 saturated heterocycles. The number of rotatable bonds is 9. The maximum absolute atomic E-state index is 11.6. The van der Waals surface area contributed by atoms with E-state index in [1.54, 1.807) is 61.5 Å². The number of halogens is 2. The van der Waals surface area contributed by atoms with Crippen molar-refractivity contribution < 1.29 is 19.0 Å². The summed E-state index contributed by atoms with van der Waals surface area (Å²) in [5.74, 6) is 2.71. The van der Waals surface area contributed by atoms with Crippen LogP contribution in [0.15, 0.2) is 59.1 Å². The van der Waals surface area contributed by atoms with Crippen LogP contribution in [0.5, 0.6) is 23.0 Å². The Bertz CT molecular complexity index is 735. The molecule has 2 rings (SSSR count). The maximum atomic E-state index is 11.6. The summed E-state index contributed by atoms with van der Waals surface area (Å²) in [6.07, 6.45) is 1.56. The summed E-state index contributed by atoms with van der Waals surface area (Å²) in [6.45, 7) is 3.86. The molecule has 2 aromatic carbocycles. The Balaban J connectivity index is 1.90. The number of carbonyl (C=O) groups excluding carboxylic acids is 1. The van der Waals surface area contributed by atoms with Crippen LogP contribution in [-0.2, 0) is 4.79 Å². The summed E-state index contributed by atoms with van der Waals surface area (Å²) in [6, 6.07) is 14.3. The number of carbonyl (C=O) groups is 1. The van der Waals surface area contributed by atoms with Crippen molar-refractivity contribution in [2.45, 2.75) is 26.4 Å². The second kappa shape index (κ2) is 10.1. The Morgan fingerprint density at radius 3 is 1.96 bits per heavy atom. The van der Waals surface area contributed by atoms with Gasteiger partial charge in [0, 0.05) is 6.42 Å². The van der Waals surface area contributed by atoms with E-state index in [0.717, 1.165) is 0 Å². The first-order valence-electron chi connectivity index (χ1n) is 8.19. The van der Waals surface area contributed by atoms with Crippen molar-refractivity contribution >= 4 is 29.0 Å². The molecular weight excluding hydrogens is 375 g/mol. The molecule has 2 aromatic rings. The molecule has 0 radical (unpaired) electrons. The van der Waals surface area contributed by atoms with Crippen LogP contribution in [-0.4, -0.2) is 18.5 Å². The number of ether oxygens (including phenoxy) is 3. The van der Waals surface area contributed by atoms with Crippen LogP contribution in [0.25, 0.3) is 0 Å². The average molecular weight is 395 g/mol. The third-order valence-corrected chi connectivity index (χ3v) is 3.79. The molecule has 0 bridgehead atoms. The highest BCUT2D eigenvalue weighted by Crippen LogP contribution is 2.26. The Hall–Kier alpha value is -2.17. The first kappa shape index (κ1) is 20.1. The van der Waals surface area contributed by atoms with Gasteiger partial charge in [0.2, 0.25) is 0 Å². The first-order chi connectivity index (χ1) is 12.5. The Morgan fingerprint density at radius 1 is 0.962 bits per heavy atom. The molecule has 4 nitrogen and oxygen atoms in total. The number of ketones is 1. The van der Waals surface area contributed by atoms with Gasteiger partial charge in [-0.2, -0.15) is 0 Å². The van der Waals surface area contributed by atoms with Crippen LogP contribution in [0.4, 0.5) is 0 Å². The minimum atomic E-state index is -0.456. The van der Waals surface area contributed by atoms with Gasteiger partial charge >= 0.3 is 0 Å². The van der Waals surface area contributed by atoms with E-state index >= 15 is 0 Å². The zero-order valence-corrected chi connectivity index (χ0v) is 16.1. The Kier molecular flexibility index (Phi) is 7.82.